The molecular formula is C13H10N4S. The Bertz CT molecular complexity index is 685. The number of fused-ring (bicyclic) bond motifs is 1. The molecule has 0 amide bonds. The van der Waals surface area contributed by atoms with Gasteiger partial charge in [-0.05, 0) is 6.26 Å². The first-order chi connectivity index (χ1) is 8.88. The molecule has 4 nitrogen and oxygen atoms in total. The Hall–Kier alpha value is -2.01. The lowest BCUT2D eigenvalue weighted by Crippen LogP contribution is -1.96. The molecule has 3 rings (SSSR count). The minimum atomic E-state index is 0.635. The van der Waals surface area contributed by atoms with Gasteiger partial charge in [-0.1, -0.05) is 30.3 Å². The molecule has 0 saturated heterocycles. The van der Waals surface area contributed by atoms with Crippen molar-refractivity contribution in [2.75, 3.05) is 6.26 Å². The molecule has 2 heterocycles. The van der Waals surface area contributed by atoms with Crippen LogP contribution in [0.15, 0.2) is 47.8 Å². The molecule has 0 radical (unpaired) electrons. The molecule has 0 aliphatic rings. The molecule has 5 heteroatoms. The van der Waals surface area contributed by atoms with Crippen LogP contribution in [-0.2, 0) is 0 Å². The number of rotatable bonds is 2. The van der Waals surface area contributed by atoms with Crippen molar-refractivity contribution in [2.45, 2.75) is 5.03 Å². The van der Waals surface area contributed by atoms with Crippen LogP contribution >= 0.6 is 11.8 Å². The third-order valence-corrected chi connectivity index (χ3v) is 3.20. The average Bonchev–Trinajstić information content (AvgIpc) is 2.47. The number of aromatic nitrogens is 4. The van der Waals surface area contributed by atoms with E-state index in [2.05, 4.69) is 19.9 Å². The Balaban J connectivity index is 2.26. The van der Waals surface area contributed by atoms with Gasteiger partial charge in [0.15, 0.2) is 11.5 Å². The number of thioether (sulfide) groups is 1. The van der Waals surface area contributed by atoms with Crippen molar-refractivity contribution in [3.63, 3.8) is 0 Å². The third-order valence-electron chi connectivity index (χ3n) is 2.53. The minimum absolute atomic E-state index is 0.635. The largest absolute Gasteiger partial charge is 0.248 e. The van der Waals surface area contributed by atoms with E-state index >= 15 is 0 Å². The molecule has 18 heavy (non-hydrogen) atoms. The van der Waals surface area contributed by atoms with Gasteiger partial charge in [0.2, 0.25) is 0 Å². The SMILES string of the molecule is CSc1nc(-c2ccccc2)nc2nccnc12. The highest BCUT2D eigenvalue weighted by Gasteiger charge is 2.09. The fourth-order valence-corrected chi connectivity index (χ4v) is 2.21. The van der Waals surface area contributed by atoms with E-state index in [4.69, 9.17) is 0 Å². The van der Waals surface area contributed by atoms with Crippen LogP contribution in [0.25, 0.3) is 22.6 Å². The zero-order chi connectivity index (χ0) is 12.4. The smallest absolute Gasteiger partial charge is 0.183 e. The lowest BCUT2D eigenvalue weighted by molar-refractivity contribution is 1.06. The van der Waals surface area contributed by atoms with Gasteiger partial charge in [0, 0.05) is 18.0 Å². The molecule has 0 bridgehead atoms. The fourth-order valence-electron chi connectivity index (χ4n) is 1.70. The predicted molar refractivity (Wildman–Crippen MR) is 72.3 cm³/mol. The lowest BCUT2D eigenvalue weighted by Gasteiger charge is -2.04. The van der Waals surface area contributed by atoms with E-state index in [0.717, 1.165) is 16.1 Å². The number of nitrogens with zero attached hydrogens (tertiary/aromatic N) is 4. The number of hydrogen-bond donors (Lipinski definition) is 0. The van der Waals surface area contributed by atoms with Gasteiger partial charge in [0.1, 0.15) is 10.5 Å². The van der Waals surface area contributed by atoms with E-state index in [1.54, 1.807) is 24.2 Å². The molecule has 0 aliphatic carbocycles. The van der Waals surface area contributed by atoms with Crippen LogP contribution < -0.4 is 0 Å². The molecule has 0 atom stereocenters. The van der Waals surface area contributed by atoms with E-state index in [9.17, 15) is 0 Å². The maximum Gasteiger partial charge on any atom is 0.183 e. The normalized spacial score (nSPS) is 10.7. The maximum atomic E-state index is 4.54. The molecule has 0 saturated carbocycles. The second kappa shape index (κ2) is 4.70. The maximum absolute atomic E-state index is 4.54. The first-order valence-electron chi connectivity index (χ1n) is 5.46. The van der Waals surface area contributed by atoms with Crippen molar-refractivity contribution in [2.24, 2.45) is 0 Å². The van der Waals surface area contributed by atoms with Gasteiger partial charge >= 0.3 is 0 Å². The van der Waals surface area contributed by atoms with Gasteiger partial charge in [-0.15, -0.1) is 11.8 Å². The molecule has 0 fully saturated rings. The standard InChI is InChI=1S/C13H10N4S/c1-18-13-10-12(15-8-7-14-10)16-11(17-13)9-5-3-2-4-6-9/h2-8H,1H3. The van der Waals surface area contributed by atoms with E-state index < -0.39 is 0 Å². The first-order valence-corrected chi connectivity index (χ1v) is 6.69. The minimum Gasteiger partial charge on any atom is -0.248 e. The van der Waals surface area contributed by atoms with Crippen LogP contribution in [0, 0.1) is 0 Å². The fraction of sp³-hybridized carbons (Fsp3) is 0.0769. The van der Waals surface area contributed by atoms with Crippen LogP contribution in [0.4, 0.5) is 0 Å². The van der Waals surface area contributed by atoms with Gasteiger partial charge in [-0.25, -0.2) is 19.9 Å². The zero-order valence-electron chi connectivity index (χ0n) is 9.74. The number of benzene rings is 1. The van der Waals surface area contributed by atoms with Crippen molar-refractivity contribution < 1.29 is 0 Å². The Morgan fingerprint density at radius 2 is 1.72 bits per heavy atom. The summed E-state index contributed by atoms with van der Waals surface area (Å²) in [6.45, 7) is 0. The summed E-state index contributed by atoms with van der Waals surface area (Å²) < 4.78 is 0. The van der Waals surface area contributed by atoms with Crippen molar-refractivity contribution in [3.8, 4) is 11.4 Å². The second-order valence-electron chi connectivity index (χ2n) is 3.65. The monoisotopic (exact) mass is 254 g/mol. The van der Waals surface area contributed by atoms with Crippen LogP contribution in [0.3, 0.4) is 0 Å². The molecular weight excluding hydrogens is 244 g/mol. The summed E-state index contributed by atoms with van der Waals surface area (Å²) in [7, 11) is 0. The summed E-state index contributed by atoms with van der Waals surface area (Å²) in [4.78, 5) is 17.5. The van der Waals surface area contributed by atoms with Gasteiger partial charge < -0.3 is 0 Å². The predicted octanol–water partition coefficient (Wildman–Crippen LogP) is 2.81. The van der Waals surface area contributed by atoms with Crippen LogP contribution in [-0.4, -0.2) is 26.2 Å². The summed E-state index contributed by atoms with van der Waals surface area (Å²) in [6, 6.07) is 9.89. The quantitative estimate of drug-likeness (QED) is 0.520. The van der Waals surface area contributed by atoms with Crippen molar-refractivity contribution in [3.05, 3.63) is 42.7 Å². The van der Waals surface area contributed by atoms with Crippen LogP contribution in [0.1, 0.15) is 0 Å². The highest BCUT2D eigenvalue weighted by Crippen LogP contribution is 2.24. The van der Waals surface area contributed by atoms with Crippen molar-refractivity contribution >= 4 is 22.9 Å². The highest BCUT2D eigenvalue weighted by molar-refractivity contribution is 7.98. The summed E-state index contributed by atoms with van der Waals surface area (Å²) >= 11 is 1.55. The highest BCUT2D eigenvalue weighted by atomic mass is 32.2. The van der Waals surface area contributed by atoms with Crippen LogP contribution in [0.2, 0.25) is 0 Å². The van der Waals surface area contributed by atoms with E-state index in [1.807, 2.05) is 36.6 Å². The second-order valence-corrected chi connectivity index (χ2v) is 4.45. The van der Waals surface area contributed by atoms with Gasteiger partial charge in [0.25, 0.3) is 0 Å². The molecule has 0 spiro atoms. The van der Waals surface area contributed by atoms with E-state index in [-0.39, 0.29) is 0 Å². The Kier molecular flexibility index (Phi) is 2.90. The van der Waals surface area contributed by atoms with Crippen LogP contribution in [0.5, 0.6) is 0 Å². The van der Waals surface area contributed by atoms with E-state index in [0.29, 0.717) is 11.5 Å². The molecule has 0 N–H and O–H groups in total. The zero-order valence-corrected chi connectivity index (χ0v) is 10.6. The van der Waals surface area contributed by atoms with Crippen molar-refractivity contribution in [1.29, 1.82) is 0 Å². The summed E-state index contributed by atoms with van der Waals surface area (Å²) in [5.74, 6) is 0.688. The summed E-state index contributed by atoms with van der Waals surface area (Å²) in [5.41, 5.74) is 2.38. The Morgan fingerprint density at radius 1 is 0.944 bits per heavy atom. The third kappa shape index (κ3) is 1.93. The molecule has 1 aromatic carbocycles. The Labute approximate surface area is 109 Å². The van der Waals surface area contributed by atoms with Gasteiger partial charge in [-0.2, -0.15) is 0 Å². The van der Waals surface area contributed by atoms with Gasteiger partial charge in [0.05, 0.1) is 0 Å². The number of hydrogen-bond acceptors (Lipinski definition) is 5. The van der Waals surface area contributed by atoms with Crippen molar-refractivity contribution in [1.82, 2.24) is 19.9 Å². The summed E-state index contributed by atoms with van der Waals surface area (Å²) in [6.07, 6.45) is 5.28. The summed E-state index contributed by atoms with van der Waals surface area (Å²) in [5, 5.41) is 0.854. The molecule has 3 aromatic rings. The molecule has 0 unspecified atom stereocenters. The molecule has 2 aromatic heterocycles. The van der Waals surface area contributed by atoms with E-state index in [1.165, 1.54) is 0 Å². The van der Waals surface area contributed by atoms with Gasteiger partial charge in [-0.3, -0.25) is 0 Å². The average molecular weight is 254 g/mol. The lowest BCUT2D eigenvalue weighted by atomic mass is 10.2. The molecule has 0 aliphatic heterocycles. The Morgan fingerprint density at radius 3 is 2.50 bits per heavy atom. The molecule has 88 valence electrons. The topological polar surface area (TPSA) is 51.6 Å². The first kappa shape index (κ1) is 11.1.